The highest BCUT2D eigenvalue weighted by Crippen LogP contribution is 2.48. The number of hydrogen-bond donors (Lipinski definition) is 1. The molecule has 2 heterocycles. The summed E-state index contributed by atoms with van der Waals surface area (Å²) >= 11 is 6.17. The van der Waals surface area contributed by atoms with Gasteiger partial charge in [-0.15, -0.1) is 0 Å². The third kappa shape index (κ3) is 3.42. The molecule has 1 aliphatic carbocycles. The molecular formula is C33H22ClNO. The van der Waals surface area contributed by atoms with E-state index in [-0.39, 0.29) is 5.92 Å². The number of benzene rings is 4. The molecule has 0 spiro atoms. The third-order valence-electron chi connectivity index (χ3n) is 7.03. The van der Waals surface area contributed by atoms with E-state index in [9.17, 15) is 0 Å². The maximum Gasteiger partial charge on any atom is 0.135 e. The predicted molar refractivity (Wildman–Crippen MR) is 148 cm³/mol. The van der Waals surface area contributed by atoms with Gasteiger partial charge < -0.3 is 9.40 Å². The Labute approximate surface area is 214 Å². The van der Waals surface area contributed by atoms with Crippen LogP contribution in [-0.2, 0) is 0 Å². The van der Waals surface area contributed by atoms with Gasteiger partial charge in [-0.1, -0.05) is 90.5 Å². The number of nitrogens with one attached hydrogen (secondary N) is 1. The average Bonchev–Trinajstić information content (AvgIpc) is 3.48. The first kappa shape index (κ1) is 21.0. The molecule has 1 unspecified atom stereocenters. The fourth-order valence-electron chi connectivity index (χ4n) is 5.39. The largest absolute Gasteiger partial charge is 0.456 e. The fourth-order valence-corrected chi connectivity index (χ4v) is 5.51. The Hall–Kier alpha value is -4.27. The highest BCUT2D eigenvalue weighted by molar-refractivity contribution is 6.30. The summed E-state index contributed by atoms with van der Waals surface area (Å²) < 4.78 is 6.59. The van der Waals surface area contributed by atoms with E-state index in [4.69, 9.17) is 16.0 Å². The summed E-state index contributed by atoms with van der Waals surface area (Å²) in [5, 5.41) is 1.94. The lowest BCUT2D eigenvalue weighted by molar-refractivity contribution is 0.567. The lowest BCUT2D eigenvalue weighted by Crippen LogP contribution is -2.04. The van der Waals surface area contributed by atoms with Crippen LogP contribution in [0, 0.1) is 0 Å². The monoisotopic (exact) mass is 483 g/mol. The Morgan fingerprint density at radius 3 is 2.17 bits per heavy atom. The first-order valence-electron chi connectivity index (χ1n) is 12.1. The Balaban J connectivity index is 1.56. The minimum absolute atomic E-state index is 0.00890. The summed E-state index contributed by atoms with van der Waals surface area (Å²) in [6.07, 6.45) is 2.20. The number of halogens is 1. The van der Waals surface area contributed by atoms with E-state index in [1.54, 1.807) is 0 Å². The van der Waals surface area contributed by atoms with Gasteiger partial charge in [0.05, 0.1) is 5.69 Å². The summed E-state index contributed by atoms with van der Waals surface area (Å²) in [5.74, 6) is 1.72. The normalized spacial score (nSPS) is 14.7. The fraction of sp³-hybridized carbons (Fsp3) is 0.0303. The summed E-state index contributed by atoms with van der Waals surface area (Å²) in [6, 6.07) is 39.9. The van der Waals surface area contributed by atoms with Crippen molar-refractivity contribution in [1.29, 1.82) is 0 Å². The lowest BCUT2D eigenvalue weighted by atomic mass is 9.83. The van der Waals surface area contributed by atoms with Crippen molar-refractivity contribution in [3.05, 3.63) is 154 Å². The Kier molecular flexibility index (Phi) is 4.93. The molecule has 7 rings (SSSR count). The number of fused-ring (bicyclic) bond motifs is 4. The van der Waals surface area contributed by atoms with Gasteiger partial charge in [-0.25, -0.2) is 0 Å². The molecule has 6 aromatic rings. The molecule has 0 aliphatic heterocycles. The molecule has 0 saturated carbocycles. The molecule has 172 valence electrons. The van der Waals surface area contributed by atoms with Crippen LogP contribution in [0.25, 0.3) is 33.9 Å². The Morgan fingerprint density at radius 1 is 0.694 bits per heavy atom. The second-order valence-corrected chi connectivity index (χ2v) is 9.60. The summed E-state index contributed by atoms with van der Waals surface area (Å²) in [7, 11) is 0. The average molecular weight is 484 g/mol. The van der Waals surface area contributed by atoms with E-state index in [0.717, 1.165) is 45.0 Å². The highest BCUT2D eigenvalue weighted by atomic mass is 35.5. The lowest BCUT2D eigenvalue weighted by Gasteiger charge is -2.18. The highest BCUT2D eigenvalue weighted by Gasteiger charge is 2.32. The molecule has 1 N–H and O–H groups in total. The number of para-hydroxylation sites is 1. The van der Waals surface area contributed by atoms with E-state index in [1.165, 1.54) is 16.5 Å². The van der Waals surface area contributed by atoms with Crippen molar-refractivity contribution < 1.29 is 4.42 Å². The maximum absolute atomic E-state index is 6.59. The van der Waals surface area contributed by atoms with Crippen LogP contribution in [0.2, 0.25) is 5.02 Å². The van der Waals surface area contributed by atoms with Gasteiger partial charge in [-0.2, -0.15) is 0 Å². The van der Waals surface area contributed by atoms with Gasteiger partial charge in [-0.3, -0.25) is 0 Å². The van der Waals surface area contributed by atoms with Gasteiger partial charge in [0.2, 0.25) is 0 Å². The number of hydrogen-bond acceptors (Lipinski definition) is 1. The van der Waals surface area contributed by atoms with Crippen LogP contribution in [-0.4, -0.2) is 4.98 Å². The SMILES string of the molecule is Clc1ccc(-c2cc3c(o2)C=C(c2ccccc2)c2[nH]c4ccccc4c2C3c2ccccc2)cc1. The zero-order valence-corrected chi connectivity index (χ0v) is 20.2. The zero-order chi connectivity index (χ0) is 24.1. The molecule has 0 radical (unpaired) electrons. The van der Waals surface area contributed by atoms with E-state index < -0.39 is 0 Å². The van der Waals surface area contributed by atoms with Crippen LogP contribution in [0.5, 0.6) is 0 Å². The molecule has 2 aromatic heterocycles. The molecule has 0 saturated heterocycles. The van der Waals surface area contributed by atoms with Gasteiger partial charge in [0.25, 0.3) is 0 Å². The van der Waals surface area contributed by atoms with Gasteiger partial charge in [0, 0.05) is 38.5 Å². The van der Waals surface area contributed by atoms with Crippen molar-refractivity contribution in [1.82, 2.24) is 4.98 Å². The van der Waals surface area contributed by atoms with E-state index in [0.29, 0.717) is 5.02 Å². The number of aromatic nitrogens is 1. The predicted octanol–water partition coefficient (Wildman–Crippen LogP) is 9.16. The van der Waals surface area contributed by atoms with Crippen molar-refractivity contribution in [2.45, 2.75) is 5.92 Å². The van der Waals surface area contributed by atoms with Crippen LogP contribution in [0.4, 0.5) is 0 Å². The number of rotatable bonds is 3. The van der Waals surface area contributed by atoms with Crippen molar-refractivity contribution in [3.63, 3.8) is 0 Å². The third-order valence-corrected chi connectivity index (χ3v) is 7.28. The molecule has 0 fully saturated rings. The van der Waals surface area contributed by atoms with Crippen LogP contribution in [0.3, 0.4) is 0 Å². The van der Waals surface area contributed by atoms with E-state index in [2.05, 4.69) is 102 Å². The Morgan fingerprint density at radius 2 is 1.39 bits per heavy atom. The second-order valence-electron chi connectivity index (χ2n) is 9.16. The van der Waals surface area contributed by atoms with Crippen molar-refractivity contribution in [2.75, 3.05) is 0 Å². The first-order chi connectivity index (χ1) is 17.8. The van der Waals surface area contributed by atoms with Crippen molar-refractivity contribution >= 4 is 34.2 Å². The van der Waals surface area contributed by atoms with Crippen LogP contribution in [0.15, 0.2) is 120 Å². The van der Waals surface area contributed by atoms with Gasteiger partial charge >= 0.3 is 0 Å². The summed E-state index contributed by atoms with van der Waals surface area (Å²) in [6.45, 7) is 0. The second kappa shape index (κ2) is 8.44. The van der Waals surface area contributed by atoms with Crippen LogP contribution >= 0.6 is 11.6 Å². The number of H-pyrrole nitrogens is 1. The Bertz CT molecular complexity index is 1720. The molecule has 36 heavy (non-hydrogen) atoms. The minimum Gasteiger partial charge on any atom is -0.456 e. The molecule has 0 amide bonds. The summed E-state index contributed by atoms with van der Waals surface area (Å²) in [5.41, 5.74) is 9.21. The molecule has 4 aromatic carbocycles. The molecular weight excluding hydrogens is 462 g/mol. The van der Waals surface area contributed by atoms with Gasteiger partial charge in [0.15, 0.2) is 0 Å². The molecule has 1 atom stereocenters. The number of furan rings is 1. The van der Waals surface area contributed by atoms with Gasteiger partial charge in [-0.05, 0) is 59.2 Å². The molecule has 3 heteroatoms. The minimum atomic E-state index is 0.00890. The first-order valence-corrected chi connectivity index (χ1v) is 12.5. The summed E-state index contributed by atoms with van der Waals surface area (Å²) in [4.78, 5) is 3.76. The standard InChI is InChI=1S/C33H22ClNO/c34-24-17-15-22(16-18-24)29-20-27-30(36-29)19-26(21-9-3-1-4-10-21)33-32(25-13-7-8-14-28(25)35-33)31(27)23-11-5-2-6-12-23/h1-20,31,35H. The van der Waals surface area contributed by atoms with Gasteiger partial charge in [0.1, 0.15) is 11.5 Å². The van der Waals surface area contributed by atoms with Crippen LogP contribution in [0.1, 0.15) is 39.6 Å². The molecule has 1 aliphatic rings. The molecule has 2 nitrogen and oxygen atoms in total. The van der Waals surface area contributed by atoms with Crippen LogP contribution < -0.4 is 0 Å². The smallest absolute Gasteiger partial charge is 0.135 e. The topological polar surface area (TPSA) is 28.9 Å². The molecule has 0 bridgehead atoms. The quantitative estimate of drug-likeness (QED) is 0.266. The zero-order valence-electron chi connectivity index (χ0n) is 19.4. The van der Waals surface area contributed by atoms with E-state index in [1.807, 2.05) is 24.3 Å². The van der Waals surface area contributed by atoms with Crippen molar-refractivity contribution in [2.24, 2.45) is 0 Å². The number of aromatic amines is 1. The van der Waals surface area contributed by atoms with E-state index >= 15 is 0 Å². The van der Waals surface area contributed by atoms with Crippen molar-refractivity contribution in [3.8, 4) is 11.3 Å². The maximum atomic E-state index is 6.59.